The van der Waals surface area contributed by atoms with Crippen LogP contribution < -0.4 is 10.6 Å². The molecule has 0 spiro atoms. The van der Waals surface area contributed by atoms with Crippen LogP contribution in [-0.4, -0.2) is 18.0 Å². The normalized spacial score (nSPS) is 13.5. The molecule has 1 rings (SSSR count). The molecule has 0 aliphatic rings. The van der Waals surface area contributed by atoms with E-state index in [2.05, 4.69) is 10.6 Å². The Morgan fingerprint density at radius 1 is 1.41 bits per heavy atom. The number of carbonyl (C=O) groups excluding carboxylic acids is 1. The van der Waals surface area contributed by atoms with E-state index in [4.69, 9.17) is 4.42 Å². The molecule has 96 valence electrons. The molecule has 1 heterocycles. The maximum Gasteiger partial charge on any atom is 0.234 e. The molecule has 0 fully saturated rings. The summed E-state index contributed by atoms with van der Waals surface area (Å²) in [6.07, 6.45) is 0. The predicted molar refractivity (Wildman–Crippen MR) is 67.8 cm³/mol. The Bertz CT molecular complexity index is 377. The van der Waals surface area contributed by atoms with Crippen LogP contribution in [0.2, 0.25) is 0 Å². The third kappa shape index (κ3) is 5.04. The third-order valence-corrected chi connectivity index (χ3v) is 2.27. The fourth-order valence-electron chi connectivity index (χ4n) is 1.49. The van der Waals surface area contributed by atoms with E-state index in [0.717, 1.165) is 11.5 Å². The Kier molecular flexibility index (Phi) is 4.34. The number of hydrogen-bond acceptors (Lipinski definition) is 3. The summed E-state index contributed by atoms with van der Waals surface area (Å²) in [4.78, 5) is 11.6. The Hall–Kier alpha value is -1.29. The van der Waals surface area contributed by atoms with Crippen LogP contribution in [0.5, 0.6) is 0 Å². The van der Waals surface area contributed by atoms with Crippen molar-refractivity contribution in [1.82, 2.24) is 10.6 Å². The average molecular weight is 238 g/mol. The smallest absolute Gasteiger partial charge is 0.234 e. The molecule has 0 radical (unpaired) electrons. The van der Waals surface area contributed by atoms with Gasteiger partial charge in [-0.15, -0.1) is 0 Å². The van der Waals surface area contributed by atoms with Crippen molar-refractivity contribution in [1.29, 1.82) is 0 Å². The molecule has 1 amide bonds. The monoisotopic (exact) mass is 238 g/mol. The van der Waals surface area contributed by atoms with Gasteiger partial charge in [-0.1, -0.05) is 0 Å². The van der Waals surface area contributed by atoms with Gasteiger partial charge in [-0.05, 0) is 46.8 Å². The predicted octanol–water partition coefficient (Wildman–Crippen LogP) is 2.15. The summed E-state index contributed by atoms with van der Waals surface area (Å²) < 4.78 is 5.48. The van der Waals surface area contributed by atoms with Crippen LogP contribution >= 0.6 is 0 Å². The summed E-state index contributed by atoms with van der Waals surface area (Å²) in [5.41, 5.74) is -0.191. The van der Waals surface area contributed by atoms with Crippen molar-refractivity contribution in [3.8, 4) is 0 Å². The zero-order valence-electron chi connectivity index (χ0n) is 11.3. The van der Waals surface area contributed by atoms with E-state index >= 15 is 0 Å². The minimum atomic E-state index is -0.191. The number of amides is 1. The lowest BCUT2D eigenvalue weighted by Crippen LogP contribution is -2.45. The van der Waals surface area contributed by atoms with E-state index in [-0.39, 0.29) is 24.0 Å². The lowest BCUT2D eigenvalue weighted by atomic mass is 10.1. The highest BCUT2D eigenvalue weighted by molar-refractivity contribution is 5.78. The number of furan rings is 1. The Morgan fingerprint density at radius 2 is 2.06 bits per heavy atom. The van der Waals surface area contributed by atoms with Crippen LogP contribution in [0.25, 0.3) is 0 Å². The summed E-state index contributed by atoms with van der Waals surface area (Å²) in [7, 11) is 0. The topological polar surface area (TPSA) is 54.3 Å². The van der Waals surface area contributed by atoms with Crippen LogP contribution in [-0.2, 0) is 4.79 Å². The maximum absolute atomic E-state index is 11.6. The number of rotatable bonds is 4. The number of aryl methyl sites for hydroxylation is 1. The van der Waals surface area contributed by atoms with Crippen molar-refractivity contribution in [2.75, 3.05) is 6.54 Å². The Labute approximate surface area is 103 Å². The van der Waals surface area contributed by atoms with E-state index < -0.39 is 0 Å². The molecular weight excluding hydrogens is 216 g/mol. The van der Waals surface area contributed by atoms with Crippen molar-refractivity contribution in [3.05, 3.63) is 23.7 Å². The molecule has 0 aromatic carbocycles. The average Bonchev–Trinajstić information content (AvgIpc) is 2.58. The largest absolute Gasteiger partial charge is 0.465 e. The Balaban J connectivity index is 2.38. The van der Waals surface area contributed by atoms with Gasteiger partial charge >= 0.3 is 0 Å². The van der Waals surface area contributed by atoms with Gasteiger partial charge in [0, 0.05) is 5.54 Å². The summed E-state index contributed by atoms with van der Waals surface area (Å²) >= 11 is 0. The minimum Gasteiger partial charge on any atom is -0.465 e. The number of hydrogen-bond donors (Lipinski definition) is 2. The number of carbonyl (C=O) groups is 1. The molecule has 0 aliphatic carbocycles. The van der Waals surface area contributed by atoms with Gasteiger partial charge in [0.15, 0.2) is 0 Å². The Morgan fingerprint density at radius 3 is 2.53 bits per heavy atom. The molecule has 0 aliphatic heterocycles. The van der Waals surface area contributed by atoms with Crippen molar-refractivity contribution in [2.24, 2.45) is 0 Å². The molecule has 0 saturated carbocycles. The van der Waals surface area contributed by atoms with Crippen LogP contribution in [0.15, 0.2) is 16.5 Å². The van der Waals surface area contributed by atoms with E-state index in [1.54, 1.807) is 0 Å². The van der Waals surface area contributed by atoms with E-state index in [1.165, 1.54) is 0 Å². The molecule has 0 bridgehead atoms. The van der Waals surface area contributed by atoms with Gasteiger partial charge in [0.2, 0.25) is 5.91 Å². The molecule has 1 atom stereocenters. The van der Waals surface area contributed by atoms with Crippen LogP contribution in [0.1, 0.15) is 45.3 Å². The van der Waals surface area contributed by atoms with Crippen LogP contribution in [0.4, 0.5) is 0 Å². The lowest BCUT2D eigenvalue weighted by molar-refractivity contribution is -0.121. The maximum atomic E-state index is 11.6. The van der Waals surface area contributed by atoms with Gasteiger partial charge in [-0.3, -0.25) is 10.1 Å². The van der Waals surface area contributed by atoms with E-state index in [0.29, 0.717) is 0 Å². The summed E-state index contributed by atoms with van der Waals surface area (Å²) in [6, 6.07) is 3.88. The quantitative estimate of drug-likeness (QED) is 0.845. The summed E-state index contributed by atoms with van der Waals surface area (Å²) in [6.45, 7) is 10.1. The first kappa shape index (κ1) is 13.8. The first-order chi connectivity index (χ1) is 7.78. The highest BCUT2D eigenvalue weighted by atomic mass is 16.3. The molecule has 2 N–H and O–H groups in total. The number of nitrogens with one attached hydrogen (secondary N) is 2. The second kappa shape index (κ2) is 5.36. The van der Waals surface area contributed by atoms with Gasteiger partial charge in [0.1, 0.15) is 11.5 Å². The standard InChI is InChI=1S/C13H22N2O2/c1-9-6-7-11(17-9)10(2)14-8-12(16)15-13(3,4)5/h6-7,10,14H,8H2,1-5H3,(H,15,16). The molecular formula is C13H22N2O2. The molecule has 1 aromatic heterocycles. The van der Waals surface area contributed by atoms with E-state index in [9.17, 15) is 4.79 Å². The zero-order valence-corrected chi connectivity index (χ0v) is 11.3. The second-order valence-corrected chi connectivity index (χ2v) is 5.35. The molecule has 17 heavy (non-hydrogen) atoms. The van der Waals surface area contributed by atoms with Crippen LogP contribution in [0, 0.1) is 6.92 Å². The molecule has 1 unspecified atom stereocenters. The molecule has 1 aromatic rings. The summed E-state index contributed by atoms with van der Waals surface area (Å²) in [5.74, 6) is 1.73. The fourth-order valence-corrected chi connectivity index (χ4v) is 1.49. The van der Waals surface area contributed by atoms with Gasteiger partial charge in [-0.2, -0.15) is 0 Å². The van der Waals surface area contributed by atoms with Crippen LogP contribution in [0.3, 0.4) is 0 Å². The second-order valence-electron chi connectivity index (χ2n) is 5.35. The highest BCUT2D eigenvalue weighted by Crippen LogP contribution is 2.14. The first-order valence-corrected chi connectivity index (χ1v) is 5.88. The van der Waals surface area contributed by atoms with Crippen molar-refractivity contribution < 1.29 is 9.21 Å². The third-order valence-electron chi connectivity index (χ3n) is 2.27. The van der Waals surface area contributed by atoms with Crippen molar-refractivity contribution in [2.45, 2.75) is 46.2 Å². The highest BCUT2D eigenvalue weighted by Gasteiger charge is 2.15. The molecule has 4 nitrogen and oxygen atoms in total. The van der Waals surface area contributed by atoms with Gasteiger partial charge in [0.25, 0.3) is 0 Å². The lowest BCUT2D eigenvalue weighted by Gasteiger charge is -2.21. The van der Waals surface area contributed by atoms with E-state index in [1.807, 2.05) is 46.8 Å². The van der Waals surface area contributed by atoms with Gasteiger partial charge in [-0.25, -0.2) is 0 Å². The molecule has 0 saturated heterocycles. The molecule has 4 heteroatoms. The van der Waals surface area contributed by atoms with Gasteiger partial charge < -0.3 is 9.73 Å². The van der Waals surface area contributed by atoms with Crippen molar-refractivity contribution >= 4 is 5.91 Å². The zero-order chi connectivity index (χ0) is 13.1. The summed E-state index contributed by atoms with van der Waals surface area (Å²) in [5, 5.41) is 6.03. The SMILES string of the molecule is Cc1ccc(C(C)NCC(=O)NC(C)(C)C)o1. The minimum absolute atomic E-state index is 0.00683. The van der Waals surface area contributed by atoms with Crippen molar-refractivity contribution in [3.63, 3.8) is 0 Å². The fraction of sp³-hybridized carbons (Fsp3) is 0.615. The van der Waals surface area contributed by atoms with Gasteiger partial charge in [0.05, 0.1) is 12.6 Å². The first-order valence-electron chi connectivity index (χ1n) is 5.88.